The van der Waals surface area contributed by atoms with Crippen LogP contribution in [0, 0.1) is 18.3 Å². The molecular weight excluding hydrogens is 424 g/mol. The number of hydrogen-bond acceptors (Lipinski definition) is 7. The molecule has 0 bridgehead atoms. The molecule has 34 heavy (non-hydrogen) atoms. The summed E-state index contributed by atoms with van der Waals surface area (Å²) in [5, 5.41) is 20.8. The Labute approximate surface area is 198 Å². The number of rotatable bonds is 6. The Balaban J connectivity index is 1.35. The van der Waals surface area contributed by atoms with E-state index in [4.69, 9.17) is 4.98 Å². The average molecular weight is 451 g/mol. The summed E-state index contributed by atoms with van der Waals surface area (Å²) in [6, 6.07) is 18.3. The lowest BCUT2D eigenvalue weighted by atomic mass is 9.95. The summed E-state index contributed by atoms with van der Waals surface area (Å²) in [4.78, 5) is 13.2. The van der Waals surface area contributed by atoms with E-state index in [1.54, 1.807) is 17.2 Å². The maximum atomic E-state index is 9.56. The van der Waals surface area contributed by atoms with Gasteiger partial charge in [-0.15, -0.1) is 0 Å². The fourth-order valence-corrected chi connectivity index (χ4v) is 4.28. The second-order valence-electron chi connectivity index (χ2n) is 8.56. The molecular formula is C26H26N8. The summed E-state index contributed by atoms with van der Waals surface area (Å²) in [6.07, 6.45) is 9.57. The van der Waals surface area contributed by atoms with E-state index >= 15 is 0 Å². The van der Waals surface area contributed by atoms with Gasteiger partial charge in [-0.3, -0.25) is 0 Å². The lowest BCUT2D eigenvalue weighted by molar-refractivity contribution is 0.463. The van der Waals surface area contributed by atoms with Gasteiger partial charge < -0.3 is 10.6 Å². The van der Waals surface area contributed by atoms with Crippen LogP contribution in [-0.4, -0.2) is 30.8 Å². The van der Waals surface area contributed by atoms with Crippen LogP contribution in [0.25, 0.3) is 16.9 Å². The number of aryl methyl sites for hydroxylation is 1. The van der Waals surface area contributed by atoms with Gasteiger partial charge in [0.15, 0.2) is 0 Å². The molecule has 0 radical (unpaired) electrons. The second-order valence-corrected chi connectivity index (χ2v) is 8.56. The molecule has 1 saturated carbocycles. The molecule has 0 amide bonds. The smallest absolute Gasteiger partial charge is 0.227 e. The highest BCUT2D eigenvalue weighted by atomic mass is 15.3. The summed E-state index contributed by atoms with van der Waals surface area (Å²) < 4.78 is 1.73. The average Bonchev–Trinajstić information content (AvgIpc) is 3.31. The number of benzene rings is 2. The number of aromatic nitrogens is 5. The van der Waals surface area contributed by atoms with Crippen molar-refractivity contribution in [2.75, 3.05) is 10.6 Å². The summed E-state index contributed by atoms with van der Waals surface area (Å²) in [7, 11) is 0. The molecule has 170 valence electrons. The Kier molecular flexibility index (Phi) is 6.17. The molecule has 8 heteroatoms. The molecule has 0 aliphatic heterocycles. The van der Waals surface area contributed by atoms with Gasteiger partial charge in [0.2, 0.25) is 5.95 Å². The number of nitriles is 1. The van der Waals surface area contributed by atoms with E-state index in [2.05, 4.69) is 37.8 Å². The molecule has 0 unspecified atom stereocenters. The number of nitrogens with one attached hydrogen (secondary N) is 2. The minimum atomic E-state index is 0.461. The molecule has 0 spiro atoms. The molecule has 5 rings (SSSR count). The van der Waals surface area contributed by atoms with E-state index in [9.17, 15) is 5.26 Å². The zero-order valence-electron chi connectivity index (χ0n) is 19.1. The molecule has 2 aromatic heterocycles. The number of nitrogens with zero attached hydrogens (tertiary/aromatic N) is 6. The number of anilines is 3. The Morgan fingerprint density at radius 1 is 0.971 bits per heavy atom. The summed E-state index contributed by atoms with van der Waals surface area (Å²) in [5.74, 6) is 1.22. The third kappa shape index (κ3) is 5.04. The fourth-order valence-electron chi connectivity index (χ4n) is 4.28. The van der Waals surface area contributed by atoms with Crippen molar-refractivity contribution < 1.29 is 0 Å². The SMILES string of the molecule is Cc1ncn(-c2ccc(Nc3nccc(-c4cc(C#N)cc(NC5CCCCC5)c4)n3)cc2)n1. The van der Waals surface area contributed by atoms with Gasteiger partial charge in [0.1, 0.15) is 12.2 Å². The topological polar surface area (TPSA) is 104 Å². The van der Waals surface area contributed by atoms with Crippen molar-refractivity contribution in [3.63, 3.8) is 0 Å². The van der Waals surface area contributed by atoms with Crippen LogP contribution in [0.1, 0.15) is 43.5 Å². The Morgan fingerprint density at radius 3 is 2.53 bits per heavy atom. The Morgan fingerprint density at radius 2 is 1.79 bits per heavy atom. The first-order chi connectivity index (χ1) is 16.7. The monoisotopic (exact) mass is 450 g/mol. The van der Waals surface area contributed by atoms with Gasteiger partial charge in [0.25, 0.3) is 0 Å². The van der Waals surface area contributed by atoms with Crippen molar-refractivity contribution in [3.8, 4) is 23.0 Å². The lowest BCUT2D eigenvalue weighted by Crippen LogP contribution is -2.22. The third-order valence-corrected chi connectivity index (χ3v) is 5.98. The summed E-state index contributed by atoms with van der Waals surface area (Å²) >= 11 is 0. The molecule has 2 N–H and O–H groups in total. The van der Waals surface area contributed by atoms with Crippen LogP contribution in [0.2, 0.25) is 0 Å². The van der Waals surface area contributed by atoms with Crippen LogP contribution in [0.3, 0.4) is 0 Å². The third-order valence-electron chi connectivity index (χ3n) is 5.98. The lowest BCUT2D eigenvalue weighted by Gasteiger charge is -2.24. The van der Waals surface area contributed by atoms with Gasteiger partial charge in [0, 0.05) is 29.2 Å². The molecule has 1 aliphatic carbocycles. The largest absolute Gasteiger partial charge is 0.382 e. The molecule has 8 nitrogen and oxygen atoms in total. The van der Waals surface area contributed by atoms with Crippen LogP contribution in [0.4, 0.5) is 17.3 Å². The predicted octanol–water partition coefficient (Wildman–Crippen LogP) is 5.39. The molecule has 2 heterocycles. The van der Waals surface area contributed by atoms with Crippen molar-refractivity contribution >= 4 is 17.3 Å². The maximum absolute atomic E-state index is 9.56. The molecule has 0 atom stereocenters. The zero-order chi connectivity index (χ0) is 23.3. The van der Waals surface area contributed by atoms with Crippen LogP contribution >= 0.6 is 0 Å². The minimum Gasteiger partial charge on any atom is -0.382 e. The van der Waals surface area contributed by atoms with Gasteiger partial charge >= 0.3 is 0 Å². The first-order valence-corrected chi connectivity index (χ1v) is 11.6. The zero-order valence-corrected chi connectivity index (χ0v) is 19.1. The first kappa shape index (κ1) is 21.6. The first-order valence-electron chi connectivity index (χ1n) is 11.6. The highest BCUT2D eigenvalue weighted by Gasteiger charge is 2.14. The predicted molar refractivity (Wildman–Crippen MR) is 132 cm³/mol. The van der Waals surface area contributed by atoms with Crippen LogP contribution in [0.5, 0.6) is 0 Å². The molecule has 1 aliphatic rings. The van der Waals surface area contributed by atoms with Crippen LogP contribution in [0.15, 0.2) is 61.1 Å². The summed E-state index contributed by atoms with van der Waals surface area (Å²) in [6.45, 7) is 1.86. The Bertz CT molecular complexity index is 1310. The van der Waals surface area contributed by atoms with Crippen molar-refractivity contribution in [2.45, 2.75) is 45.1 Å². The van der Waals surface area contributed by atoms with E-state index < -0.39 is 0 Å². The highest BCUT2D eigenvalue weighted by molar-refractivity contribution is 5.69. The van der Waals surface area contributed by atoms with E-state index in [1.807, 2.05) is 49.4 Å². The van der Waals surface area contributed by atoms with Crippen LogP contribution < -0.4 is 10.6 Å². The standard InChI is InChI=1S/C26H26N8/c1-18-29-17-34(33-18)24-9-7-22(8-10-24)31-26-28-12-11-25(32-26)20-13-19(16-27)14-23(15-20)30-21-5-3-2-4-6-21/h7-15,17,21,30H,2-6H2,1H3,(H,28,31,32). The molecule has 0 saturated heterocycles. The van der Waals surface area contributed by atoms with Crippen molar-refractivity contribution in [1.29, 1.82) is 5.26 Å². The normalized spacial score (nSPS) is 13.9. The molecule has 4 aromatic rings. The fraction of sp³-hybridized carbons (Fsp3) is 0.269. The highest BCUT2D eigenvalue weighted by Crippen LogP contribution is 2.27. The molecule has 1 fully saturated rings. The van der Waals surface area contributed by atoms with Gasteiger partial charge in [-0.25, -0.2) is 19.6 Å². The van der Waals surface area contributed by atoms with E-state index in [0.29, 0.717) is 17.6 Å². The van der Waals surface area contributed by atoms with Crippen LogP contribution in [-0.2, 0) is 0 Å². The summed E-state index contributed by atoms with van der Waals surface area (Å²) in [5.41, 5.74) is 5.02. The minimum absolute atomic E-state index is 0.461. The van der Waals surface area contributed by atoms with Crippen molar-refractivity contribution in [1.82, 2.24) is 24.7 Å². The maximum Gasteiger partial charge on any atom is 0.227 e. The second kappa shape index (κ2) is 9.71. The van der Waals surface area contributed by atoms with Gasteiger partial charge in [-0.05, 0) is 68.3 Å². The van der Waals surface area contributed by atoms with Gasteiger partial charge in [0.05, 0.1) is 23.0 Å². The van der Waals surface area contributed by atoms with Gasteiger partial charge in [-0.1, -0.05) is 19.3 Å². The van der Waals surface area contributed by atoms with Crippen molar-refractivity contribution in [3.05, 3.63) is 72.4 Å². The van der Waals surface area contributed by atoms with Gasteiger partial charge in [-0.2, -0.15) is 10.4 Å². The number of hydrogen-bond donors (Lipinski definition) is 2. The molecule has 2 aromatic carbocycles. The van der Waals surface area contributed by atoms with E-state index in [-0.39, 0.29) is 0 Å². The van der Waals surface area contributed by atoms with Crippen molar-refractivity contribution in [2.24, 2.45) is 0 Å². The van der Waals surface area contributed by atoms with E-state index in [0.717, 1.165) is 34.1 Å². The Hall–Kier alpha value is -4.25. The van der Waals surface area contributed by atoms with E-state index in [1.165, 1.54) is 32.1 Å². The quantitative estimate of drug-likeness (QED) is 0.406.